The van der Waals surface area contributed by atoms with E-state index in [0.717, 1.165) is 28.6 Å². The van der Waals surface area contributed by atoms with Gasteiger partial charge in [-0.1, -0.05) is 34.1 Å². The first-order valence-electron chi connectivity index (χ1n) is 10.8. The van der Waals surface area contributed by atoms with Crippen molar-refractivity contribution in [3.8, 4) is 0 Å². The van der Waals surface area contributed by atoms with Crippen molar-refractivity contribution in [2.24, 2.45) is 5.92 Å². The van der Waals surface area contributed by atoms with Gasteiger partial charge in [0.25, 0.3) is 0 Å². The van der Waals surface area contributed by atoms with Crippen LogP contribution in [0.3, 0.4) is 0 Å². The number of ether oxygens (including phenoxy) is 3. The molecule has 2 aromatic carbocycles. The first-order valence-corrected chi connectivity index (χ1v) is 11.6. The molecule has 192 valence electrons. The number of allylic oxidation sites excluding steroid dienone is 1. The summed E-state index contributed by atoms with van der Waals surface area (Å²) in [4.78, 5) is 27.5. The summed E-state index contributed by atoms with van der Waals surface area (Å²) in [6.45, 7) is 1.54. The van der Waals surface area contributed by atoms with Crippen LogP contribution in [-0.2, 0) is 30.0 Å². The normalized spacial score (nSPS) is 18.3. The van der Waals surface area contributed by atoms with Gasteiger partial charge in [0, 0.05) is 28.9 Å². The summed E-state index contributed by atoms with van der Waals surface area (Å²) < 4.78 is 56.3. The number of rotatable bonds is 7. The van der Waals surface area contributed by atoms with Crippen LogP contribution in [0.5, 0.6) is 0 Å². The highest BCUT2D eigenvalue weighted by Gasteiger charge is 2.47. The summed E-state index contributed by atoms with van der Waals surface area (Å²) >= 11 is 3.35. The molecule has 0 radical (unpaired) electrons. The first-order chi connectivity index (χ1) is 17.0. The summed E-state index contributed by atoms with van der Waals surface area (Å²) in [5.74, 6) is -4.25. The van der Waals surface area contributed by atoms with E-state index in [1.54, 1.807) is 24.3 Å². The van der Waals surface area contributed by atoms with Crippen LogP contribution in [0.1, 0.15) is 24.0 Å². The molecule has 1 aliphatic heterocycles. The summed E-state index contributed by atoms with van der Waals surface area (Å²) in [7, 11) is 2.58. The average Bonchev–Trinajstić information content (AvgIpc) is 2.83. The van der Waals surface area contributed by atoms with Gasteiger partial charge >= 0.3 is 18.1 Å². The van der Waals surface area contributed by atoms with Crippen LogP contribution in [-0.4, -0.2) is 45.2 Å². The molecule has 2 atom stereocenters. The van der Waals surface area contributed by atoms with Crippen molar-refractivity contribution in [2.45, 2.75) is 19.0 Å². The quantitative estimate of drug-likeness (QED) is 0.360. The highest BCUT2D eigenvalue weighted by atomic mass is 79.9. The van der Waals surface area contributed by atoms with Gasteiger partial charge in [-0.25, -0.2) is 4.79 Å². The number of nitrogens with one attached hydrogen (secondary N) is 1. The topological polar surface area (TPSA) is 88.9 Å². The molecule has 0 spiro atoms. The number of carbonyl (C=O) groups excluding carboxylic acids is 2. The summed E-state index contributed by atoms with van der Waals surface area (Å²) in [5, 5.41) is 8.88. The molecule has 2 aromatic rings. The molecule has 0 bridgehead atoms. The van der Waals surface area contributed by atoms with Gasteiger partial charge in [0.2, 0.25) is 0 Å². The van der Waals surface area contributed by atoms with Gasteiger partial charge in [-0.2, -0.15) is 13.2 Å². The Balaban J connectivity index is 2.26. The molecule has 11 heteroatoms. The third kappa shape index (κ3) is 5.62. The maximum Gasteiger partial charge on any atom is 0.416 e. The first kappa shape index (κ1) is 27.4. The van der Waals surface area contributed by atoms with Crippen LogP contribution < -0.4 is 4.90 Å². The van der Waals surface area contributed by atoms with E-state index in [-0.39, 0.29) is 36.0 Å². The summed E-state index contributed by atoms with van der Waals surface area (Å²) in [6.07, 6.45) is -4.63. The lowest BCUT2D eigenvalue weighted by atomic mass is 9.75. The molecular weight excluding hydrogens is 545 g/mol. The summed E-state index contributed by atoms with van der Waals surface area (Å²) in [5.41, 5.74) is -0.251. The SMILES string of the molecule is COCCOC(=O)C1=C(C)N(c2cccc(C(F)(F)F)c2)C(=N)C(C(=O)OC)C1c1ccc(Br)cc1. The van der Waals surface area contributed by atoms with E-state index in [4.69, 9.17) is 19.6 Å². The standard InChI is InChI=1S/C25H24BrF3N2O5/c1-14-19(24(33)36-12-11-34-2)20(15-7-9-17(26)10-8-15)21(23(32)35-3)22(30)31(14)18-6-4-5-16(13-18)25(27,28)29/h4-10,13,20-21,30H,11-12H2,1-3H3. The maximum absolute atomic E-state index is 13.4. The van der Waals surface area contributed by atoms with Crippen molar-refractivity contribution in [3.63, 3.8) is 0 Å². The predicted octanol–water partition coefficient (Wildman–Crippen LogP) is 5.30. The number of hydrogen-bond donors (Lipinski definition) is 1. The molecule has 1 aliphatic rings. The number of nitrogens with zero attached hydrogens (tertiary/aromatic N) is 1. The van der Waals surface area contributed by atoms with Crippen molar-refractivity contribution in [2.75, 3.05) is 32.3 Å². The van der Waals surface area contributed by atoms with Crippen molar-refractivity contribution in [1.82, 2.24) is 0 Å². The lowest BCUT2D eigenvalue weighted by Gasteiger charge is -2.40. The molecule has 2 unspecified atom stereocenters. The Labute approximate surface area is 214 Å². The minimum atomic E-state index is -4.63. The van der Waals surface area contributed by atoms with E-state index in [1.165, 1.54) is 26.2 Å². The zero-order chi connectivity index (χ0) is 26.6. The van der Waals surface area contributed by atoms with Gasteiger partial charge in [0.1, 0.15) is 18.4 Å². The van der Waals surface area contributed by atoms with Crippen LogP contribution in [0.15, 0.2) is 64.3 Å². The third-order valence-corrected chi connectivity index (χ3v) is 6.29. The monoisotopic (exact) mass is 568 g/mol. The van der Waals surface area contributed by atoms with E-state index in [2.05, 4.69) is 15.9 Å². The minimum absolute atomic E-state index is 0.0252. The smallest absolute Gasteiger partial charge is 0.416 e. The third-order valence-electron chi connectivity index (χ3n) is 5.76. The highest BCUT2D eigenvalue weighted by molar-refractivity contribution is 9.10. The number of hydrogen-bond acceptors (Lipinski definition) is 6. The fourth-order valence-electron chi connectivity index (χ4n) is 4.12. The van der Waals surface area contributed by atoms with Gasteiger partial charge in [-0.05, 0) is 42.8 Å². The molecule has 0 aromatic heterocycles. The van der Waals surface area contributed by atoms with Gasteiger partial charge in [0.05, 0.1) is 24.9 Å². The Morgan fingerprint density at radius 2 is 1.75 bits per heavy atom. The van der Waals surface area contributed by atoms with Crippen LogP contribution >= 0.6 is 15.9 Å². The molecule has 0 fully saturated rings. The zero-order valence-electron chi connectivity index (χ0n) is 19.7. The van der Waals surface area contributed by atoms with E-state index < -0.39 is 35.5 Å². The Morgan fingerprint density at radius 1 is 1.08 bits per heavy atom. The molecule has 0 aliphatic carbocycles. The molecule has 1 N–H and O–H groups in total. The molecule has 0 amide bonds. The number of methoxy groups -OCH3 is 2. The van der Waals surface area contributed by atoms with Gasteiger partial charge in [-0.3, -0.25) is 10.2 Å². The number of esters is 2. The molecule has 36 heavy (non-hydrogen) atoms. The number of carbonyl (C=O) groups is 2. The van der Waals surface area contributed by atoms with Crippen LogP contribution in [0.2, 0.25) is 0 Å². The zero-order valence-corrected chi connectivity index (χ0v) is 21.3. The van der Waals surface area contributed by atoms with Crippen molar-refractivity contribution >= 4 is 39.4 Å². The van der Waals surface area contributed by atoms with Crippen molar-refractivity contribution in [1.29, 1.82) is 5.41 Å². The second-order valence-corrected chi connectivity index (χ2v) is 8.84. The van der Waals surface area contributed by atoms with E-state index >= 15 is 0 Å². The number of halogens is 4. The molecule has 1 heterocycles. The fraction of sp³-hybridized carbons (Fsp3) is 0.320. The van der Waals surface area contributed by atoms with E-state index in [0.29, 0.717) is 5.56 Å². The molecule has 3 rings (SSSR count). The molecule has 7 nitrogen and oxygen atoms in total. The van der Waals surface area contributed by atoms with E-state index in [9.17, 15) is 22.8 Å². The van der Waals surface area contributed by atoms with Crippen LogP contribution in [0.25, 0.3) is 0 Å². The number of benzene rings is 2. The lowest BCUT2D eigenvalue weighted by Crippen LogP contribution is -2.48. The molecule has 0 saturated carbocycles. The minimum Gasteiger partial charge on any atom is -0.468 e. The Hall–Kier alpha value is -3.18. The number of amidine groups is 1. The lowest BCUT2D eigenvalue weighted by molar-refractivity contribution is -0.144. The number of anilines is 1. The largest absolute Gasteiger partial charge is 0.468 e. The van der Waals surface area contributed by atoms with E-state index in [1.807, 2.05) is 0 Å². The highest BCUT2D eigenvalue weighted by Crippen LogP contribution is 2.44. The number of alkyl halides is 3. The van der Waals surface area contributed by atoms with Crippen molar-refractivity contribution in [3.05, 3.63) is 75.4 Å². The second-order valence-electron chi connectivity index (χ2n) is 7.93. The van der Waals surface area contributed by atoms with Gasteiger partial charge in [0.15, 0.2) is 0 Å². The second kappa shape index (κ2) is 11.3. The van der Waals surface area contributed by atoms with Crippen molar-refractivity contribution < 1.29 is 37.0 Å². The maximum atomic E-state index is 13.4. The molecule has 0 saturated heterocycles. The fourth-order valence-corrected chi connectivity index (χ4v) is 4.38. The van der Waals surface area contributed by atoms with Gasteiger partial charge < -0.3 is 19.1 Å². The Kier molecular flexibility index (Phi) is 8.57. The average molecular weight is 569 g/mol. The Bertz CT molecular complexity index is 1180. The summed E-state index contributed by atoms with van der Waals surface area (Å²) in [6, 6.07) is 11.1. The van der Waals surface area contributed by atoms with Crippen LogP contribution in [0, 0.1) is 11.3 Å². The van der Waals surface area contributed by atoms with Crippen LogP contribution in [0.4, 0.5) is 18.9 Å². The van der Waals surface area contributed by atoms with Gasteiger partial charge in [-0.15, -0.1) is 0 Å². The Morgan fingerprint density at radius 3 is 2.33 bits per heavy atom. The predicted molar refractivity (Wildman–Crippen MR) is 130 cm³/mol. The molecular formula is C25H24BrF3N2O5.